The molecule has 13 nitrogen and oxygen atoms in total. The van der Waals surface area contributed by atoms with E-state index >= 15 is 0 Å². The van der Waals surface area contributed by atoms with E-state index < -0.39 is 18.4 Å². The van der Waals surface area contributed by atoms with Crippen LogP contribution in [-0.4, -0.2) is 106 Å². The van der Waals surface area contributed by atoms with Crippen LogP contribution in [0.5, 0.6) is 0 Å². The molecule has 0 unspecified atom stereocenters. The molecule has 3 aromatic heterocycles. The highest BCUT2D eigenvalue weighted by molar-refractivity contribution is 6.07. The van der Waals surface area contributed by atoms with E-state index in [4.69, 9.17) is 9.84 Å². The number of anilines is 3. The number of halogens is 1. The van der Waals surface area contributed by atoms with Crippen LogP contribution in [0.3, 0.4) is 0 Å². The van der Waals surface area contributed by atoms with Crippen molar-refractivity contribution in [3.63, 3.8) is 0 Å². The Balaban J connectivity index is 1.01. The predicted molar refractivity (Wildman–Crippen MR) is 191 cm³/mol. The van der Waals surface area contributed by atoms with E-state index in [9.17, 15) is 14.0 Å². The number of pyridine rings is 1. The first-order chi connectivity index (χ1) is 24.2. The third-order valence-corrected chi connectivity index (χ3v) is 10.7. The van der Waals surface area contributed by atoms with E-state index in [1.165, 1.54) is 13.5 Å². The molecule has 2 amide bonds. The number of carbonyl (C=O) groups is 2. The average molecular weight is 694 g/mol. The van der Waals surface area contributed by atoms with Crippen LogP contribution in [0.1, 0.15) is 88.0 Å². The number of alkyl halides is 1. The van der Waals surface area contributed by atoms with Gasteiger partial charge >= 0.3 is 6.09 Å². The SMILES string of the molecule is CO[C@@H]1CCN(c2nccc(Nc3cc4c(cn3)c(C(=O)NC3CCN(CCCC5CCC(NC(=O)O)CC5)CC3)cn4C(C)C)n2)C[C@@H]1F. The summed E-state index contributed by atoms with van der Waals surface area (Å²) in [6, 6.07) is 4.06. The van der Waals surface area contributed by atoms with Gasteiger partial charge in [-0.15, -0.1) is 0 Å². The van der Waals surface area contributed by atoms with Gasteiger partial charge in [-0.1, -0.05) is 0 Å². The summed E-state index contributed by atoms with van der Waals surface area (Å²) in [5.41, 5.74) is 1.52. The lowest BCUT2D eigenvalue weighted by molar-refractivity contribution is 0.0194. The molecule has 1 aliphatic carbocycles. The summed E-state index contributed by atoms with van der Waals surface area (Å²) in [5.74, 6) is 2.21. The number of ether oxygens (including phenoxy) is 1. The summed E-state index contributed by atoms with van der Waals surface area (Å²) in [7, 11) is 1.54. The molecule has 5 heterocycles. The highest BCUT2D eigenvalue weighted by atomic mass is 19.1. The maximum Gasteiger partial charge on any atom is 0.404 e. The van der Waals surface area contributed by atoms with Gasteiger partial charge < -0.3 is 40.2 Å². The lowest BCUT2D eigenvalue weighted by Crippen LogP contribution is -2.46. The number of amides is 2. The number of piperidine rings is 2. The Morgan fingerprint density at radius 1 is 1.02 bits per heavy atom. The molecule has 272 valence electrons. The Morgan fingerprint density at radius 3 is 2.48 bits per heavy atom. The van der Waals surface area contributed by atoms with Crippen molar-refractivity contribution >= 4 is 40.5 Å². The molecule has 50 heavy (non-hydrogen) atoms. The molecule has 3 fully saturated rings. The Hall–Kier alpha value is -4.04. The van der Waals surface area contributed by atoms with Gasteiger partial charge in [0.2, 0.25) is 5.95 Å². The number of methoxy groups -OCH3 is 1. The number of carbonyl (C=O) groups excluding carboxylic acids is 1. The first-order valence-corrected chi connectivity index (χ1v) is 18.2. The first kappa shape index (κ1) is 35.8. The highest BCUT2D eigenvalue weighted by Crippen LogP contribution is 2.30. The van der Waals surface area contributed by atoms with Gasteiger partial charge in [0.15, 0.2) is 0 Å². The first-order valence-electron chi connectivity index (χ1n) is 18.2. The summed E-state index contributed by atoms with van der Waals surface area (Å²) in [6.45, 7) is 7.97. The molecule has 0 bridgehead atoms. The third-order valence-electron chi connectivity index (χ3n) is 10.7. The van der Waals surface area contributed by atoms with Crippen molar-refractivity contribution in [3.8, 4) is 0 Å². The maximum absolute atomic E-state index is 14.5. The second-order valence-corrected chi connectivity index (χ2v) is 14.4. The van der Waals surface area contributed by atoms with Gasteiger partial charge in [0.05, 0.1) is 23.7 Å². The standard InChI is InChI=1S/C36H52FN9O4/c1-23(2)46-21-28(34(47)40-26-11-16-44(17-12-26)15-4-5-24-6-8-25(9-7-24)41-36(48)49)27-20-39-33(19-30(27)46)42-32-10-14-38-35(43-32)45-18-13-31(50-3)29(37)22-45/h10,14,19-21,23-26,29,31,41H,4-9,11-13,15-18,22H2,1-3H3,(H,40,47)(H,48,49)(H,38,39,42,43)/t24?,25?,29-,31+/m0/s1. The predicted octanol–water partition coefficient (Wildman–Crippen LogP) is 5.51. The zero-order valence-electron chi connectivity index (χ0n) is 29.5. The third kappa shape index (κ3) is 8.81. The van der Waals surface area contributed by atoms with Crippen LogP contribution >= 0.6 is 0 Å². The van der Waals surface area contributed by atoms with Crippen LogP contribution in [0.2, 0.25) is 0 Å². The zero-order valence-corrected chi connectivity index (χ0v) is 29.5. The number of fused-ring (bicyclic) bond motifs is 1. The van der Waals surface area contributed by atoms with E-state index in [-0.39, 0.29) is 30.6 Å². The summed E-state index contributed by atoms with van der Waals surface area (Å²) < 4.78 is 21.9. The monoisotopic (exact) mass is 693 g/mol. The Morgan fingerprint density at radius 2 is 1.78 bits per heavy atom. The molecule has 4 N–H and O–H groups in total. The molecule has 2 aliphatic heterocycles. The van der Waals surface area contributed by atoms with Crippen LogP contribution in [0.25, 0.3) is 10.9 Å². The Kier molecular flexibility index (Phi) is 11.7. The van der Waals surface area contributed by atoms with Crippen LogP contribution in [0, 0.1) is 5.92 Å². The second-order valence-electron chi connectivity index (χ2n) is 14.4. The van der Waals surface area contributed by atoms with Crippen molar-refractivity contribution in [2.24, 2.45) is 5.92 Å². The minimum atomic E-state index is -1.11. The smallest absolute Gasteiger partial charge is 0.404 e. The van der Waals surface area contributed by atoms with E-state index in [0.717, 1.165) is 75.5 Å². The molecular weight excluding hydrogens is 641 g/mol. The fourth-order valence-electron chi connectivity index (χ4n) is 7.79. The zero-order chi connectivity index (χ0) is 35.2. The van der Waals surface area contributed by atoms with Crippen molar-refractivity contribution in [2.75, 3.05) is 50.1 Å². The minimum absolute atomic E-state index is 0.0767. The van der Waals surface area contributed by atoms with Crippen molar-refractivity contribution in [1.82, 2.24) is 35.1 Å². The molecule has 0 aromatic carbocycles. The van der Waals surface area contributed by atoms with E-state index in [2.05, 4.69) is 54.2 Å². The minimum Gasteiger partial charge on any atom is -0.465 e. The van der Waals surface area contributed by atoms with Crippen molar-refractivity contribution in [1.29, 1.82) is 0 Å². The lowest BCUT2D eigenvalue weighted by atomic mass is 9.83. The summed E-state index contributed by atoms with van der Waals surface area (Å²) >= 11 is 0. The number of carboxylic acid groups (broad SMARTS) is 1. The van der Waals surface area contributed by atoms with Crippen LogP contribution in [0.4, 0.5) is 26.8 Å². The van der Waals surface area contributed by atoms with Crippen molar-refractivity contribution in [2.45, 2.75) is 102 Å². The number of nitrogens with zero attached hydrogens (tertiary/aromatic N) is 6. The molecule has 0 spiro atoms. The van der Waals surface area contributed by atoms with E-state index in [0.29, 0.717) is 42.0 Å². The summed E-state index contributed by atoms with van der Waals surface area (Å²) in [6.07, 6.45) is 11.7. The van der Waals surface area contributed by atoms with Gasteiger partial charge in [-0.25, -0.2) is 19.2 Å². The summed E-state index contributed by atoms with van der Waals surface area (Å²) in [4.78, 5) is 42.5. The quantitative estimate of drug-likeness (QED) is 0.191. The van der Waals surface area contributed by atoms with Crippen molar-refractivity contribution in [3.05, 3.63) is 36.3 Å². The molecule has 2 saturated heterocycles. The average Bonchev–Trinajstić information content (AvgIpc) is 3.49. The fraction of sp³-hybridized carbons (Fsp3) is 0.639. The van der Waals surface area contributed by atoms with Gasteiger partial charge in [-0.2, -0.15) is 4.98 Å². The number of likely N-dealkylation sites (tertiary alicyclic amines) is 1. The maximum atomic E-state index is 14.5. The van der Waals surface area contributed by atoms with E-state index in [1.54, 1.807) is 18.5 Å². The topological polar surface area (TPSA) is 150 Å². The van der Waals surface area contributed by atoms with Crippen LogP contribution in [-0.2, 0) is 4.74 Å². The molecular formula is C36H52FN9O4. The second kappa shape index (κ2) is 16.3. The molecule has 14 heteroatoms. The normalized spacial score (nSPS) is 23.7. The van der Waals surface area contributed by atoms with Gasteiger partial charge in [-0.05, 0) is 90.2 Å². The van der Waals surface area contributed by atoms with Gasteiger partial charge in [0.25, 0.3) is 5.91 Å². The molecule has 3 aromatic rings. The molecule has 1 saturated carbocycles. The number of hydrogen-bond acceptors (Lipinski definition) is 9. The van der Waals surface area contributed by atoms with Gasteiger partial charge in [0.1, 0.15) is 17.8 Å². The molecule has 3 aliphatic rings. The van der Waals surface area contributed by atoms with E-state index in [1.807, 2.05) is 17.2 Å². The Bertz CT molecular complexity index is 1600. The molecule has 2 atom stereocenters. The van der Waals surface area contributed by atoms with Crippen molar-refractivity contribution < 1.29 is 23.8 Å². The van der Waals surface area contributed by atoms with Crippen LogP contribution < -0.4 is 20.9 Å². The molecule has 6 rings (SSSR count). The van der Waals surface area contributed by atoms with Crippen LogP contribution in [0.15, 0.2) is 30.7 Å². The highest BCUT2D eigenvalue weighted by Gasteiger charge is 2.31. The lowest BCUT2D eigenvalue weighted by Gasteiger charge is -2.33. The molecule has 0 radical (unpaired) electrons. The number of hydrogen-bond donors (Lipinski definition) is 4. The number of nitrogens with one attached hydrogen (secondary N) is 3. The largest absolute Gasteiger partial charge is 0.465 e. The van der Waals surface area contributed by atoms with Gasteiger partial charge in [-0.3, -0.25) is 4.79 Å². The number of aromatic nitrogens is 4. The van der Waals surface area contributed by atoms with Gasteiger partial charge in [0, 0.05) is 74.9 Å². The number of rotatable bonds is 12. The Labute approximate surface area is 293 Å². The fourth-order valence-corrected chi connectivity index (χ4v) is 7.79. The summed E-state index contributed by atoms with van der Waals surface area (Å²) in [5, 5.41) is 19.0.